The van der Waals surface area contributed by atoms with Crippen LogP contribution in [0.2, 0.25) is 0 Å². The third-order valence-corrected chi connectivity index (χ3v) is 2.74. The van der Waals surface area contributed by atoms with Crippen molar-refractivity contribution >= 4 is 12.0 Å². The highest BCUT2D eigenvalue weighted by Crippen LogP contribution is 2.27. The minimum Gasteiger partial charge on any atom is -0.408 e. The first-order valence-corrected chi connectivity index (χ1v) is 6.38. The zero-order chi connectivity index (χ0) is 16.2. The molecule has 0 saturated carbocycles. The SMILES string of the molecule is C=C(C)C(=O)OC(CO)(OCCC)N1C(=O)NC(O)C1O. The van der Waals surface area contributed by atoms with Crippen LogP contribution in [-0.4, -0.2) is 63.8 Å². The van der Waals surface area contributed by atoms with Crippen LogP contribution in [0.25, 0.3) is 0 Å². The van der Waals surface area contributed by atoms with Gasteiger partial charge < -0.3 is 30.1 Å². The number of aliphatic hydroxyl groups excluding tert-OH is 3. The van der Waals surface area contributed by atoms with Gasteiger partial charge in [-0.3, -0.25) is 0 Å². The molecule has 0 radical (unpaired) electrons. The maximum Gasteiger partial charge on any atom is 0.337 e. The average molecular weight is 304 g/mol. The highest BCUT2D eigenvalue weighted by atomic mass is 16.8. The summed E-state index contributed by atoms with van der Waals surface area (Å²) in [5.74, 6) is -3.16. The second-order valence-corrected chi connectivity index (χ2v) is 4.57. The molecular formula is C12H20N2O7. The fourth-order valence-corrected chi connectivity index (χ4v) is 1.68. The van der Waals surface area contributed by atoms with Gasteiger partial charge >= 0.3 is 17.9 Å². The van der Waals surface area contributed by atoms with Gasteiger partial charge in [0.25, 0.3) is 0 Å². The zero-order valence-electron chi connectivity index (χ0n) is 11.9. The van der Waals surface area contributed by atoms with Crippen LogP contribution in [0, 0.1) is 0 Å². The Morgan fingerprint density at radius 2 is 2.14 bits per heavy atom. The van der Waals surface area contributed by atoms with Crippen molar-refractivity contribution in [1.29, 1.82) is 0 Å². The van der Waals surface area contributed by atoms with E-state index in [1.807, 2.05) is 5.32 Å². The van der Waals surface area contributed by atoms with Crippen LogP contribution in [0.15, 0.2) is 12.2 Å². The molecule has 0 aromatic carbocycles. The van der Waals surface area contributed by atoms with E-state index in [0.717, 1.165) is 0 Å². The van der Waals surface area contributed by atoms with E-state index in [-0.39, 0.29) is 12.2 Å². The van der Waals surface area contributed by atoms with Gasteiger partial charge in [-0.25, -0.2) is 14.5 Å². The van der Waals surface area contributed by atoms with Gasteiger partial charge in [-0.1, -0.05) is 13.5 Å². The molecule has 9 heteroatoms. The van der Waals surface area contributed by atoms with E-state index in [1.165, 1.54) is 6.92 Å². The van der Waals surface area contributed by atoms with Gasteiger partial charge in [0.1, 0.15) is 6.61 Å². The van der Waals surface area contributed by atoms with Crippen molar-refractivity contribution in [3.63, 3.8) is 0 Å². The maximum atomic E-state index is 11.8. The van der Waals surface area contributed by atoms with Gasteiger partial charge in [-0.2, -0.15) is 0 Å². The number of carbonyl (C=O) groups excluding carboxylic acids is 2. The molecule has 2 amide bonds. The Bertz CT molecular complexity index is 428. The van der Waals surface area contributed by atoms with Gasteiger partial charge in [-0.05, 0) is 13.3 Å². The lowest BCUT2D eigenvalue weighted by Gasteiger charge is -2.39. The largest absolute Gasteiger partial charge is 0.408 e. The van der Waals surface area contributed by atoms with Crippen molar-refractivity contribution in [2.45, 2.75) is 38.6 Å². The number of urea groups is 1. The number of amides is 2. The number of carbonyl (C=O) groups is 2. The van der Waals surface area contributed by atoms with E-state index >= 15 is 0 Å². The number of hydrogen-bond acceptors (Lipinski definition) is 7. The highest BCUT2D eigenvalue weighted by Gasteiger charge is 2.54. The third-order valence-electron chi connectivity index (χ3n) is 2.74. The van der Waals surface area contributed by atoms with Gasteiger partial charge in [-0.15, -0.1) is 0 Å². The van der Waals surface area contributed by atoms with Gasteiger partial charge in [0.05, 0.1) is 6.61 Å². The molecule has 4 N–H and O–H groups in total. The first-order chi connectivity index (χ1) is 9.79. The lowest BCUT2D eigenvalue weighted by molar-refractivity contribution is -0.320. The molecule has 1 aliphatic rings. The maximum absolute atomic E-state index is 11.8. The summed E-state index contributed by atoms with van der Waals surface area (Å²) in [5, 5.41) is 30.9. The van der Waals surface area contributed by atoms with Crippen LogP contribution in [0.1, 0.15) is 20.3 Å². The summed E-state index contributed by atoms with van der Waals surface area (Å²) in [6, 6.07) is -0.949. The molecule has 9 nitrogen and oxygen atoms in total. The van der Waals surface area contributed by atoms with E-state index in [2.05, 4.69) is 6.58 Å². The molecule has 0 spiro atoms. The summed E-state index contributed by atoms with van der Waals surface area (Å²) in [7, 11) is 0. The minimum atomic E-state index is -2.24. The van der Waals surface area contributed by atoms with E-state index < -0.39 is 37.0 Å². The number of rotatable bonds is 7. The average Bonchev–Trinajstić information content (AvgIpc) is 2.68. The van der Waals surface area contributed by atoms with Gasteiger partial charge in [0, 0.05) is 5.57 Å². The molecule has 120 valence electrons. The molecule has 0 aromatic heterocycles. The molecule has 1 heterocycles. The van der Waals surface area contributed by atoms with Crippen molar-refractivity contribution < 1.29 is 34.4 Å². The van der Waals surface area contributed by atoms with Gasteiger partial charge in [0.15, 0.2) is 12.5 Å². The lowest BCUT2D eigenvalue weighted by atomic mass is 10.3. The molecule has 1 rings (SSSR count). The zero-order valence-corrected chi connectivity index (χ0v) is 11.9. The molecular weight excluding hydrogens is 284 g/mol. The van der Waals surface area contributed by atoms with Crippen molar-refractivity contribution in [3.05, 3.63) is 12.2 Å². The van der Waals surface area contributed by atoms with E-state index in [0.29, 0.717) is 11.3 Å². The number of nitrogens with zero attached hydrogens (tertiary/aromatic N) is 1. The summed E-state index contributed by atoms with van der Waals surface area (Å²) >= 11 is 0. The molecule has 0 aliphatic carbocycles. The third kappa shape index (κ3) is 3.50. The predicted molar refractivity (Wildman–Crippen MR) is 69.4 cm³/mol. The smallest absolute Gasteiger partial charge is 0.337 e. The second-order valence-electron chi connectivity index (χ2n) is 4.57. The number of ether oxygens (including phenoxy) is 2. The molecule has 1 aliphatic heterocycles. The first kappa shape index (κ1) is 17.4. The molecule has 3 atom stereocenters. The van der Waals surface area contributed by atoms with Crippen LogP contribution < -0.4 is 5.32 Å². The Morgan fingerprint density at radius 1 is 1.52 bits per heavy atom. The van der Waals surface area contributed by atoms with Gasteiger partial charge in [0.2, 0.25) is 0 Å². The van der Waals surface area contributed by atoms with Crippen LogP contribution in [0.3, 0.4) is 0 Å². The summed E-state index contributed by atoms with van der Waals surface area (Å²) in [6.07, 6.45) is -2.85. The number of hydrogen-bond donors (Lipinski definition) is 4. The normalized spacial score (nSPS) is 24.4. The predicted octanol–water partition coefficient (Wildman–Crippen LogP) is -1.16. The van der Waals surface area contributed by atoms with Crippen molar-refractivity contribution in [3.8, 4) is 0 Å². The van der Waals surface area contributed by atoms with Crippen LogP contribution >= 0.6 is 0 Å². The van der Waals surface area contributed by atoms with E-state index in [9.17, 15) is 24.9 Å². The number of esters is 1. The Balaban J connectivity index is 3.13. The van der Waals surface area contributed by atoms with Crippen molar-refractivity contribution in [2.75, 3.05) is 13.2 Å². The van der Waals surface area contributed by atoms with E-state index in [1.54, 1.807) is 6.92 Å². The molecule has 21 heavy (non-hydrogen) atoms. The standard InChI is InChI=1S/C12H20N2O7/c1-4-5-20-12(6-15,21-10(18)7(2)3)14-9(17)8(16)13-11(14)19/h8-9,15-17H,2,4-6H2,1,3H3,(H,13,19). The number of aliphatic hydroxyl groups is 3. The Morgan fingerprint density at radius 3 is 2.52 bits per heavy atom. The summed E-state index contributed by atoms with van der Waals surface area (Å²) in [6.45, 7) is 5.64. The molecule has 3 unspecified atom stereocenters. The van der Waals surface area contributed by atoms with Crippen LogP contribution in [0.4, 0.5) is 4.79 Å². The Hall–Kier alpha value is -1.68. The molecule has 0 aromatic rings. The second kappa shape index (κ2) is 6.85. The Labute approximate surface area is 121 Å². The fraction of sp³-hybridized carbons (Fsp3) is 0.667. The van der Waals surface area contributed by atoms with Crippen molar-refractivity contribution in [2.24, 2.45) is 0 Å². The fourth-order valence-electron chi connectivity index (χ4n) is 1.68. The molecule has 1 saturated heterocycles. The summed E-state index contributed by atoms with van der Waals surface area (Å²) < 4.78 is 10.3. The summed E-state index contributed by atoms with van der Waals surface area (Å²) in [4.78, 5) is 24.1. The van der Waals surface area contributed by atoms with Crippen LogP contribution in [-0.2, 0) is 14.3 Å². The monoisotopic (exact) mass is 304 g/mol. The van der Waals surface area contributed by atoms with E-state index in [4.69, 9.17) is 9.47 Å². The molecule has 1 fully saturated rings. The quantitative estimate of drug-likeness (QED) is 0.265. The lowest BCUT2D eigenvalue weighted by Crippen LogP contribution is -2.61. The van der Waals surface area contributed by atoms with Crippen LogP contribution in [0.5, 0.6) is 0 Å². The first-order valence-electron chi connectivity index (χ1n) is 6.38. The summed E-state index contributed by atoms with van der Waals surface area (Å²) in [5.41, 5.74) is 0.0163. The molecule has 0 bridgehead atoms. The Kier molecular flexibility index (Phi) is 5.67. The number of nitrogens with one attached hydrogen (secondary N) is 1. The van der Waals surface area contributed by atoms with Crippen molar-refractivity contribution in [1.82, 2.24) is 10.2 Å². The highest BCUT2D eigenvalue weighted by molar-refractivity contribution is 5.87. The minimum absolute atomic E-state index is 0.0163. The topological polar surface area (TPSA) is 129 Å².